The van der Waals surface area contributed by atoms with E-state index in [1.54, 1.807) is 23.1 Å². The summed E-state index contributed by atoms with van der Waals surface area (Å²) in [5.41, 5.74) is 1.37. The lowest BCUT2D eigenvalue weighted by Crippen LogP contribution is -2.44. The van der Waals surface area contributed by atoms with Crippen LogP contribution in [0.3, 0.4) is 0 Å². The Kier molecular flexibility index (Phi) is 6.44. The molecule has 1 saturated heterocycles. The van der Waals surface area contributed by atoms with Crippen molar-refractivity contribution in [1.29, 1.82) is 0 Å². The van der Waals surface area contributed by atoms with Crippen LogP contribution < -0.4 is 9.80 Å². The number of amides is 2. The van der Waals surface area contributed by atoms with E-state index >= 15 is 0 Å². The first-order valence-corrected chi connectivity index (χ1v) is 11.3. The minimum Gasteiger partial charge on any atom is -0.396 e. The number of carbonyl (C=O) groups is 2. The maximum Gasteiger partial charge on any atom is 0.264 e. The van der Waals surface area contributed by atoms with E-state index < -0.39 is 11.5 Å². The minimum atomic E-state index is -1.66. The summed E-state index contributed by atoms with van der Waals surface area (Å²) in [6, 6.07) is 15.1. The van der Waals surface area contributed by atoms with Gasteiger partial charge < -0.3 is 20.0 Å². The normalized spacial score (nSPS) is 22.0. The molecule has 0 unspecified atom stereocenters. The summed E-state index contributed by atoms with van der Waals surface area (Å²) in [6.45, 7) is 2.86. The lowest BCUT2D eigenvalue weighted by molar-refractivity contribution is -0.139. The molecule has 2 aliphatic heterocycles. The molecule has 0 spiro atoms. The minimum absolute atomic E-state index is 0.0220. The Hall–Kier alpha value is -2.96. The second-order valence-corrected chi connectivity index (χ2v) is 8.58. The van der Waals surface area contributed by atoms with Crippen molar-refractivity contribution in [3.8, 4) is 0 Å². The Morgan fingerprint density at radius 1 is 1.12 bits per heavy atom. The van der Waals surface area contributed by atoms with E-state index in [9.17, 15) is 14.7 Å². The number of carbonyl (C=O) groups excluding carboxylic acids is 2. The van der Waals surface area contributed by atoms with Crippen molar-refractivity contribution in [3.63, 3.8) is 0 Å². The molecule has 0 radical (unpaired) electrons. The third-order valence-electron chi connectivity index (χ3n) is 6.44. The van der Waals surface area contributed by atoms with E-state index in [0.717, 1.165) is 24.1 Å². The molecule has 0 saturated carbocycles. The Morgan fingerprint density at radius 2 is 1.94 bits per heavy atom. The molecule has 168 valence electrons. The molecule has 2 aromatic carbocycles. The fraction of sp³-hybridized carbons (Fsp3) is 0.385. The average Bonchev–Trinajstić information content (AvgIpc) is 3.02. The van der Waals surface area contributed by atoms with Gasteiger partial charge in [-0.1, -0.05) is 49.4 Å². The van der Waals surface area contributed by atoms with Gasteiger partial charge in [0.15, 0.2) is 5.60 Å². The third-order valence-corrected chi connectivity index (χ3v) is 6.44. The Balaban J connectivity index is 1.63. The Bertz CT molecular complexity index is 1030. The molecule has 2 N–H and O–H groups in total. The summed E-state index contributed by atoms with van der Waals surface area (Å²) in [5, 5.41) is 20.6. The molecule has 2 heterocycles. The number of aliphatic hydroxyl groups excluding tert-OH is 1. The van der Waals surface area contributed by atoms with Crippen molar-refractivity contribution < 1.29 is 19.8 Å². The zero-order valence-corrected chi connectivity index (χ0v) is 18.4. The number of hydrogen-bond donors (Lipinski definition) is 2. The SMILES string of the molecule is C[C@H](/C=C/CCO)[C@@]1(O)C(=O)N(Cc2cccc(N3CCCCC3=O)c2)c2ccccc21. The van der Waals surface area contributed by atoms with Crippen molar-refractivity contribution in [2.24, 2.45) is 5.92 Å². The first-order chi connectivity index (χ1) is 15.5. The number of aliphatic hydroxyl groups is 2. The van der Waals surface area contributed by atoms with Gasteiger partial charge in [0.2, 0.25) is 5.91 Å². The number of anilines is 2. The molecule has 2 aliphatic rings. The van der Waals surface area contributed by atoms with Gasteiger partial charge in [-0.15, -0.1) is 0 Å². The van der Waals surface area contributed by atoms with Crippen LogP contribution >= 0.6 is 0 Å². The van der Waals surface area contributed by atoms with E-state index in [-0.39, 0.29) is 18.4 Å². The summed E-state index contributed by atoms with van der Waals surface area (Å²) in [5.74, 6) is -0.682. The maximum absolute atomic E-state index is 13.5. The molecule has 0 bridgehead atoms. The summed E-state index contributed by atoms with van der Waals surface area (Å²) in [4.78, 5) is 29.3. The van der Waals surface area contributed by atoms with Gasteiger partial charge in [0, 0.05) is 36.7 Å². The molecule has 6 nitrogen and oxygen atoms in total. The standard InChI is InChI=1S/C26H30N2O4/c1-19(9-5-7-16-29)26(32)22-12-2-3-13-23(22)28(25(26)31)18-20-10-8-11-21(17-20)27-15-6-4-14-24(27)30/h2-3,5,8-13,17,19,29,32H,4,6-7,14-16,18H2,1H3/b9-5+/t19-,26+/m1/s1. The van der Waals surface area contributed by atoms with Crippen LogP contribution in [-0.4, -0.2) is 35.2 Å². The zero-order chi connectivity index (χ0) is 22.7. The van der Waals surface area contributed by atoms with Crippen LogP contribution in [-0.2, 0) is 21.7 Å². The molecule has 0 aliphatic carbocycles. The van der Waals surface area contributed by atoms with Crippen LogP contribution in [0.1, 0.15) is 43.7 Å². The number of hydrogen-bond acceptors (Lipinski definition) is 4. The van der Waals surface area contributed by atoms with E-state index in [4.69, 9.17) is 5.11 Å². The number of fused-ring (bicyclic) bond motifs is 1. The average molecular weight is 435 g/mol. The fourth-order valence-electron chi connectivity index (χ4n) is 4.66. The molecule has 32 heavy (non-hydrogen) atoms. The van der Waals surface area contributed by atoms with Crippen molar-refractivity contribution in [2.75, 3.05) is 23.0 Å². The van der Waals surface area contributed by atoms with Gasteiger partial charge in [-0.05, 0) is 43.0 Å². The van der Waals surface area contributed by atoms with E-state index in [0.29, 0.717) is 37.2 Å². The summed E-state index contributed by atoms with van der Waals surface area (Å²) in [7, 11) is 0. The van der Waals surface area contributed by atoms with Crippen LogP contribution in [0.15, 0.2) is 60.7 Å². The molecular formula is C26H30N2O4. The van der Waals surface area contributed by atoms with Gasteiger partial charge in [0.05, 0.1) is 12.2 Å². The van der Waals surface area contributed by atoms with Crippen LogP contribution in [0.2, 0.25) is 0 Å². The predicted molar refractivity (Wildman–Crippen MR) is 124 cm³/mol. The molecular weight excluding hydrogens is 404 g/mol. The van der Waals surface area contributed by atoms with Gasteiger partial charge in [0.1, 0.15) is 0 Å². The van der Waals surface area contributed by atoms with Crippen molar-refractivity contribution in [1.82, 2.24) is 0 Å². The lowest BCUT2D eigenvalue weighted by atomic mass is 9.83. The van der Waals surface area contributed by atoms with Gasteiger partial charge in [0.25, 0.3) is 5.91 Å². The molecule has 6 heteroatoms. The molecule has 0 aromatic heterocycles. The van der Waals surface area contributed by atoms with Gasteiger partial charge >= 0.3 is 0 Å². The highest BCUT2D eigenvalue weighted by molar-refractivity contribution is 6.07. The number of rotatable bonds is 7. The maximum atomic E-state index is 13.5. The molecule has 2 atom stereocenters. The van der Waals surface area contributed by atoms with Crippen LogP contribution in [0.5, 0.6) is 0 Å². The van der Waals surface area contributed by atoms with Crippen LogP contribution in [0.25, 0.3) is 0 Å². The quantitative estimate of drug-likeness (QED) is 0.654. The van der Waals surface area contributed by atoms with Crippen LogP contribution in [0, 0.1) is 5.92 Å². The second-order valence-electron chi connectivity index (χ2n) is 8.58. The number of benzene rings is 2. The van der Waals surface area contributed by atoms with E-state index in [1.165, 1.54) is 0 Å². The fourth-order valence-corrected chi connectivity index (χ4v) is 4.66. The second kappa shape index (κ2) is 9.27. The Labute approximate surface area is 188 Å². The first kappa shape index (κ1) is 22.2. The van der Waals surface area contributed by atoms with E-state index in [1.807, 2.05) is 54.3 Å². The molecule has 2 amide bonds. The third kappa shape index (κ3) is 3.96. The van der Waals surface area contributed by atoms with Gasteiger partial charge in [-0.2, -0.15) is 0 Å². The topological polar surface area (TPSA) is 81.1 Å². The molecule has 4 rings (SSSR count). The Morgan fingerprint density at radius 3 is 2.72 bits per heavy atom. The highest BCUT2D eigenvalue weighted by atomic mass is 16.3. The van der Waals surface area contributed by atoms with Crippen molar-refractivity contribution >= 4 is 23.2 Å². The number of piperidine rings is 1. The highest BCUT2D eigenvalue weighted by Gasteiger charge is 2.52. The zero-order valence-electron chi connectivity index (χ0n) is 18.4. The van der Waals surface area contributed by atoms with Crippen molar-refractivity contribution in [2.45, 2.75) is 44.8 Å². The molecule has 1 fully saturated rings. The largest absolute Gasteiger partial charge is 0.396 e. The number of nitrogens with zero attached hydrogens (tertiary/aromatic N) is 2. The monoisotopic (exact) mass is 434 g/mol. The predicted octanol–water partition coefficient (Wildman–Crippen LogP) is 3.51. The summed E-state index contributed by atoms with van der Waals surface area (Å²) < 4.78 is 0. The summed E-state index contributed by atoms with van der Waals surface area (Å²) in [6.07, 6.45) is 6.54. The highest BCUT2D eigenvalue weighted by Crippen LogP contribution is 2.45. The first-order valence-electron chi connectivity index (χ1n) is 11.3. The number of para-hydroxylation sites is 1. The van der Waals surface area contributed by atoms with Crippen LogP contribution in [0.4, 0.5) is 11.4 Å². The summed E-state index contributed by atoms with van der Waals surface area (Å²) >= 11 is 0. The van der Waals surface area contributed by atoms with Gasteiger partial charge in [-0.25, -0.2) is 0 Å². The van der Waals surface area contributed by atoms with Crippen molar-refractivity contribution in [3.05, 3.63) is 71.8 Å². The smallest absolute Gasteiger partial charge is 0.264 e. The van der Waals surface area contributed by atoms with E-state index in [2.05, 4.69) is 0 Å². The lowest BCUT2D eigenvalue weighted by Gasteiger charge is -2.28. The van der Waals surface area contributed by atoms with Gasteiger partial charge in [-0.3, -0.25) is 9.59 Å². The molecule has 2 aromatic rings.